The Morgan fingerprint density at radius 3 is 2.62 bits per heavy atom. The number of nitrogens with zero attached hydrogens (tertiary/aromatic N) is 4. The molecule has 0 aromatic carbocycles. The molecule has 2 fully saturated rings. The molecule has 1 saturated heterocycles. The normalized spacial score (nSPS) is 36.8. The molecule has 1 spiro atoms. The van der Waals surface area contributed by atoms with E-state index in [1.165, 1.54) is 11.3 Å². The summed E-state index contributed by atoms with van der Waals surface area (Å²) in [5.74, 6) is 0.0330. The summed E-state index contributed by atoms with van der Waals surface area (Å²) in [5, 5.41) is 13.1. The SMILES string of the molecule is Cn1nc2c(c1C1N=NNN1)CCC1C(C)(C)C3(CC[C@]21C)OCCO3. The van der Waals surface area contributed by atoms with Gasteiger partial charge in [-0.2, -0.15) is 10.5 Å². The number of aryl methyl sites for hydroxylation is 1. The Morgan fingerprint density at radius 2 is 1.92 bits per heavy atom. The second kappa shape index (κ2) is 5.27. The van der Waals surface area contributed by atoms with E-state index in [0.717, 1.165) is 31.4 Å². The molecule has 1 aromatic rings. The summed E-state index contributed by atoms with van der Waals surface area (Å²) >= 11 is 0. The molecule has 3 heterocycles. The largest absolute Gasteiger partial charge is 0.347 e. The van der Waals surface area contributed by atoms with E-state index in [2.05, 4.69) is 42.1 Å². The zero-order chi connectivity index (χ0) is 18.2. The lowest BCUT2D eigenvalue weighted by Crippen LogP contribution is -2.61. The number of fused-ring (bicyclic) bond motifs is 3. The first-order chi connectivity index (χ1) is 12.4. The van der Waals surface area contributed by atoms with Crippen LogP contribution in [0, 0.1) is 11.3 Å². The molecule has 1 aromatic heterocycles. The van der Waals surface area contributed by atoms with Crippen LogP contribution >= 0.6 is 0 Å². The first-order valence-corrected chi connectivity index (χ1v) is 9.64. The molecule has 26 heavy (non-hydrogen) atoms. The minimum Gasteiger partial charge on any atom is -0.347 e. The standard InChI is InChI=1S/C18H28N6O2/c1-16(2)12-6-5-11-13(15-19-22-23-20-15)24(4)21-14(11)17(12,3)7-8-18(16)25-9-10-26-18/h12,15H,5-10H2,1-4H3,(H,19,23)(H,20,22)/t12?,17-/m0/s1. The third kappa shape index (κ3) is 1.92. The predicted octanol–water partition coefficient (Wildman–Crippen LogP) is 2.28. The fraction of sp³-hybridized carbons (Fsp3) is 0.833. The fourth-order valence-corrected chi connectivity index (χ4v) is 6.16. The van der Waals surface area contributed by atoms with Crippen molar-refractivity contribution in [1.29, 1.82) is 0 Å². The molecule has 0 radical (unpaired) electrons. The summed E-state index contributed by atoms with van der Waals surface area (Å²) in [4.78, 5) is 0. The van der Waals surface area contributed by atoms with Gasteiger partial charge < -0.3 is 9.47 Å². The molecule has 142 valence electrons. The highest BCUT2D eigenvalue weighted by Crippen LogP contribution is 2.62. The molecule has 5 rings (SSSR count). The number of hydrogen-bond acceptors (Lipinski definition) is 7. The number of hydrogen-bond donors (Lipinski definition) is 2. The quantitative estimate of drug-likeness (QED) is 0.802. The van der Waals surface area contributed by atoms with Gasteiger partial charge in [0.25, 0.3) is 0 Å². The molecule has 8 heteroatoms. The molecule has 2 aliphatic carbocycles. The van der Waals surface area contributed by atoms with Crippen LogP contribution in [0.25, 0.3) is 0 Å². The molecule has 0 amide bonds. The lowest BCUT2D eigenvalue weighted by atomic mass is 9.49. The van der Waals surface area contributed by atoms with Gasteiger partial charge in [-0.15, -0.1) is 5.11 Å². The summed E-state index contributed by atoms with van der Waals surface area (Å²) in [6.07, 6.45) is 3.90. The van der Waals surface area contributed by atoms with Gasteiger partial charge in [-0.3, -0.25) is 4.68 Å². The van der Waals surface area contributed by atoms with Crippen LogP contribution < -0.4 is 11.0 Å². The second-order valence-corrected chi connectivity index (χ2v) is 8.89. The van der Waals surface area contributed by atoms with Gasteiger partial charge >= 0.3 is 0 Å². The number of ether oxygens (including phenoxy) is 2. The third-order valence-electron chi connectivity index (χ3n) is 7.45. The van der Waals surface area contributed by atoms with Crippen LogP contribution in [0.5, 0.6) is 0 Å². The number of aromatic nitrogens is 2. The van der Waals surface area contributed by atoms with Crippen molar-refractivity contribution in [2.45, 2.75) is 63.8 Å². The maximum Gasteiger partial charge on any atom is 0.183 e. The molecular formula is C18H28N6O2. The van der Waals surface area contributed by atoms with Gasteiger partial charge in [0.1, 0.15) is 0 Å². The number of nitrogens with one attached hydrogen (secondary N) is 2. The van der Waals surface area contributed by atoms with Gasteiger partial charge in [-0.1, -0.05) is 26.0 Å². The first-order valence-electron chi connectivity index (χ1n) is 9.64. The highest BCUT2D eigenvalue weighted by atomic mass is 16.7. The van der Waals surface area contributed by atoms with Crippen LogP contribution in [0.1, 0.15) is 63.2 Å². The summed E-state index contributed by atoms with van der Waals surface area (Å²) < 4.78 is 14.4. The van der Waals surface area contributed by atoms with Crippen molar-refractivity contribution < 1.29 is 9.47 Å². The van der Waals surface area contributed by atoms with Crippen LogP contribution in [-0.4, -0.2) is 28.8 Å². The Bertz CT molecular complexity index is 766. The van der Waals surface area contributed by atoms with Crippen molar-refractivity contribution in [3.63, 3.8) is 0 Å². The van der Waals surface area contributed by atoms with Crippen molar-refractivity contribution in [3.8, 4) is 0 Å². The van der Waals surface area contributed by atoms with E-state index in [-0.39, 0.29) is 17.0 Å². The summed E-state index contributed by atoms with van der Waals surface area (Å²) in [6.45, 7) is 8.45. The van der Waals surface area contributed by atoms with E-state index < -0.39 is 5.79 Å². The molecule has 0 bridgehead atoms. The van der Waals surface area contributed by atoms with Crippen molar-refractivity contribution >= 4 is 0 Å². The average molecular weight is 360 g/mol. The van der Waals surface area contributed by atoms with E-state index in [0.29, 0.717) is 19.1 Å². The van der Waals surface area contributed by atoms with Gasteiger partial charge in [0, 0.05) is 29.9 Å². The minimum atomic E-state index is -0.433. The van der Waals surface area contributed by atoms with Crippen LogP contribution in [0.15, 0.2) is 10.3 Å². The van der Waals surface area contributed by atoms with Crippen LogP contribution in [0.2, 0.25) is 0 Å². The fourth-order valence-electron chi connectivity index (χ4n) is 6.16. The lowest BCUT2D eigenvalue weighted by Gasteiger charge is -2.59. The molecular weight excluding hydrogens is 332 g/mol. The lowest BCUT2D eigenvalue weighted by molar-refractivity contribution is -0.276. The van der Waals surface area contributed by atoms with E-state index >= 15 is 0 Å². The molecule has 8 nitrogen and oxygen atoms in total. The zero-order valence-electron chi connectivity index (χ0n) is 16.0. The van der Waals surface area contributed by atoms with Gasteiger partial charge in [0.05, 0.1) is 24.6 Å². The van der Waals surface area contributed by atoms with Gasteiger partial charge in [-0.05, 0) is 25.2 Å². The average Bonchev–Trinajstić information content (AvgIpc) is 3.32. The van der Waals surface area contributed by atoms with Crippen LogP contribution in [0.4, 0.5) is 0 Å². The van der Waals surface area contributed by atoms with E-state index in [1.54, 1.807) is 0 Å². The Morgan fingerprint density at radius 1 is 1.15 bits per heavy atom. The van der Waals surface area contributed by atoms with E-state index in [4.69, 9.17) is 14.6 Å². The highest BCUT2D eigenvalue weighted by molar-refractivity contribution is 5.39. The summed E-state index contributed by atoms with van der Waals surface area (Å²) in [5.41, 5.74) is 9.51. The predicted molar refractivity (Wildman–Crippen MR) is 93.9 cm³/mol. The monoisotopic (exact) mass is 360 g/mol. The maximum absolute atomic E-state index is 6.20. The van der Waals surface area contributed by atoms with E-state index in [9.17, 15) is 0 Å². The summed E-state index contributed by atoms with van der Waals surface area (Å²) in [6, 6.07) is 0. The van der Waals surface area contributed by atoms with Gasteiger partial charge in [0.15, 0.2) is 12.0 Å². The summed E-state index contributed by atoms with van der Waals surface area (Å²) in [7, 11) is 2.01. The van der Waals surface area contributed by atoms with Gasteiger partial charge in [-0.25, -0.2) is 5.53 Å². The highest BCUT2D eigenvalue weighted by Gasteiger charge is 2.64. The second-order valence-electron chi connectivity index (χ2n) is 8.89. The molecule has 3 atom stereocenters. The third-order valence-corrected chi connectivity index (χ3v) is 7.45. The molecule has 1 saturated carbocycles. The molecule has 2 aliphatic heterocycles. The molecule has 2 N–H and O–H groups in total. The van der Waals surface area contributed by atoms with E-state index in [1.807, 2.05) is 11.7 Å². The van der Waals surface area contributed by atoms with Crippen molar-refractivity contribution in [1.82, 2.24) is 20.7 Å². The van der Waals surface area contributed by atoms with Gasteiger partial charge in [0.2, 0.25) is 0 Å². The topological polar surface area (TPSA) is 85.1 Å². The zero-order valence-corrected chi connectivity index (χ0v) is 16.0. The number of rotatable bonds is 1. The first kappa shape index (κ1) is 16.6. The molecule has 2 unspecified atom stereocenters. The van der Waals surface area contributed by atoms with Crippen molar-refractivity contribution in [3.05, 3.63) is 17.0 Å². The Labute approximate surface area is 153 Å². The Balaban J connectivity index is 1.58. The smallest absolute Gasteiger partial charge is 0.183 e. The Kier molecular flexibility index (Phi) is 3.37. The Hall–Kier alpha value is -1.51. The van der Waals surface area contributed by atoms with Crippen molar-refractivity contribution in [2.75, 3.05) is 13.2 Å². The van der Waals surface area contributed by atoms with Crippen molar-refractivity contribution in [2.24, 2.45) is 28.7 Å². The minimum absolute atomic E-state index is 0.0246. The van der Waals surface area contributed by atoms with Crippen LogP contribution in [-0.2, 0) is 28.4 Å². The molecule has 4 aliphatic rings. The van der Waals surface area contributed by atoms with Crippen LogP contribution in [0.3, 0.4) is 0 Å². The number of hydrazine groups is 1. The maximum atomic E-state index is 6.20.